The molecule has 3 nitrogen and oxygen atoms in total. The molecule has 1 aliphatic carbocycles. The lowest BCUT2D eigenvalue weighted by molar-refractivity contribution is -0.127. The first-order chi connectivity index (χ1) is 8.72. The fourth-order valence-corrected chi connectivity index (χ4v) is 5.67. The highest BCUT2D eigenvalue weighted by Crippen LogP contribution is 2.54. The van der Waals surface area contributed by atoms with Gasteiger partial charge in [-0.25, -0.2) is 0 Å². The van der Waals surface area contributed by atoms with Gasteiger partial charge in [-0.3, -0.25) is 4.79 Å². The van der Waals surface area contributed by atoms with Crippen molar-refractivity contribution < 1.29 is 4.79 Å². The van der Waals surface area contributed by atoms with E-state index in [2.05, 4.69) is 31.9 Å². The first-order valence-electron chi connectivity index (χ1n) is 7.14. The van der Waals surface area contributed by atoms with E-state index in [0.29, 0.717) is 11.8 Å². The number of fused-ring (bicyclic) bond motifs is 1. The molecule has 3 unspecified atom stereocenters. The molecule has 3 fully saturated rings. The van der Waals surface area contributed by atoms with Crippen LogP contribution in [0.1, 0.15) is 38.5 Å². The molecule has 4 rings (SSSR count). The van der Waals surface area contributed by atoms with Crippen LogP contribution in [-0.4, -0.2) is 40.3 Å². The standard InChI is InChI=1S/C14H19BrN2O/c15-13-9-16-6-1-2-12(16)14-8-11(18)4-3-10(14)5-7-17(13)14/h9-10,12H,1-8H2. The average Bonchev–Trinajstić information content (AvgIpc) is 2.92. The van der Waals surface area contributed by atoms with Gasteiger partial charge in [-0.05, 0) is 47.5 Å². The summed E-state index contributed by atoms with van der Waals surface area (Å²) in [6.07, 6.45) is 8.77. The van der Waals surface area contributed by atoms with Crippen LogP contribution in [0.5, 0.6) is 0 Å². The molecule has 4 heteroatoms. The number of hydrogen-bond donors (Lipinski definition) is 0. The molecule has 0 bridgehead atoms. The van der Waals surface area contributed by atoms with Gasteiger partial charge >= 0.3 is 0 Å². The van der Waals surface area contributed by atoms with Crippen LogP contribution in [0.15, 0.2) is 10.8 Å². The molecule has 0 radical (unpaired) electrons. The van der Waals surface area contributed by atoms with Gasteiger partial charge < -0.3 is 9.80 Å². The van der Waals surface area contributed by atoms with E-state index in [1.165, 1.54) is 23.9 Å². The summed E-state index contributed by atoms with van der Waals surface area (Å²) < 4.78 is 1.21. The Labute approximate surface area is 116 Å². The van der Waals surface area contributed by atoms with Crippen LogP contribution in [0.25, 0.3) is 0 Å². The van der Waals surface area contributed by atoms with Crippen molar-refractivity contribution in [3.8, 4) is 0 Å². The Morgan fingerprint density at radius 2 is 2.17 bits per heavy atom. The molecule has 0 aromatic carbocycles. The molecule has 0 amide bonds. The third kappa shape index (κ3) is 1.28. The lowest BCUT2D eigenvalue weighted by Crippen LogP contribution is -2.63. The van der Waals surface area contributed by atoms with Crippen molar-refractivity contribution in [3.05, 3.63) is 10.8 Å². The van der Waals surface area contributed by atoms with E-state index in [1.807, 2.05) is 0 Å². The van der Waals surface area contributed by atoms with Crippen molar-refractivity contribution in [2.75, 3.05) is 13.1 Å². The number of ketones is 1. The lowest BCUT2D eigenvalue weighted by atomic mass is 9.67. The Morgan fingerprint density at radius 1 is 1.28 bits per heavy atom. The molecular formula is C14H19BrN2O. The number of rotatable bonds is 0. The number of carbonyl (C=O) groups excluding carboxylic acids is 1. The predicted octanol–water partition coefficient (Wildman–Crippen LogP) is 2.47. The fraction of sp³-hybridized carbons (Fsp3) is 0.786. The minimum absolute atomic E-state index is 0.124. The molecular weight excluding hydrogens is 292 g/mol. The Morgan fingerprint density at radius 3 is 3.06 bits per heavy atom. The van der Waals surface area contributed by atoms with Crippen molar-refractivity contribution in [1.82, 2.24) is 9.80 Å². The Bertz CT molecular complexity index is 436. The van der Waals surface area contributed by atoms with Crippen molar-refractivity contribution in [3.63, 3.8) is 0 Å². The van der Waals surface area contributed by atoms with Crippen LogP contribution < -0.4 is 0 Å². The predicted molar refractivity (Wildman–Crippen MR) is 73.1 cm³/mol. The summed E-state index contributed by atoms with van der Waals surface area (Å²) in [5, 5.41) is 0. The minimum atomic E-state index is 0.124. The molecule has 18 heavy (non-hydrogen) atoms. The first kappa shape index (κ1) is 11.3. The van der Waals surface area contributed by atoms with Gasteiger partial charge in [0.05, 0.1) is 16.2 Å². The number of nitrogens with zero attached hydrogens (tertiary/aromatic N) is 2. The van der Waals surface area contributed by atoms with Crippen LogP contribution in [0, 0.1) is 5.92 Å². The quantitative estimate of drug-likeness (QED) is 0.642. The molecule has 3 atom stereocenters. The minimum Gasteiger partial charge on any atom is -0.370 e. The molecule has 1 spiro atoms. The van der Waals surface area contributed by atoms with Crippen LogP contribution >= 0.6 is 15.9 Å². The topological polar surface area (TPSA) is 23.6 Å². The Hall–Kier alpha value is -0.510. The van der Waals surface area contributed by atoms with E-state index >= 15 is 0 Å². The molecule has 98 valence electrons. The highest BCUT2D eigenvalue weighted by molar-refractivity contribution is 9.11. The summed E-state index contributed by atoms with van der Waals surface area (Å²) in [6, 6.07) is 0.579. The summed E-state index contributed by atoms with van der Waals surface area (Å²) in [5.41, 5.74) is 0.124. The van der Waals surface area contributed by atoms with Crippen LogP contribution in [0.4, 0.5) is 0 Å². The molecule has 2 saturated heterocycles. The van der Waals surface area contributed by atoms with Gasteiger partial charge in [0.1, 0.15) is 5.78 Å². The zero-order valence-electron chi connectivity index (χ0n) is 10.6. The molecule has 1 saturated carbocycles. The monoisotopic (exact) mass is 310 g/mol. The van der Waals surface area contributed by atoms with E-state index < -0.39 is 0 Å². The first-order valence-corrected chi connectivity index (χ1v) is 7.93. The second kappa shape index (κ2) is 3.75. The fourth-order valence-electron chi connectivity index (χ4n) is 4.90. The van der Waals surface area contributed by atoms with Gasteiger partial charge in [-0.1, -0.05) is 0 Å². The Kier molecular flexibility index (Phi) is 2.36. The van der Waals surface area contributed by atoms with Crippen molar-refractivity contribution in [1.29, 1.82) is 0 Å². The third-order valence-corrected chi connectivity index (χ3v) is 6.20. The van der Waals surface area contributed by atoms with E-state index in [0.717, 1.165) is 38.3 Å². The van der Waals surface area contributed by atoms with Gasteiger partial charge in [-0.15, -0.1) is 0 Å². The average molecular weight is 311 g/mol. The normalized spacial score (nSPS) is 42.5. The number of carbonyl (C=O) groups is 1. The van der Waals surface area contributed by atoms with E-state index in [-0.39, 0.29) is 5.54 Å². The van der Waals surface area contributed by atoms with Crippen LogP contribution in [0.3, 0.4) is 0 Å². The number of Topliss-reactive ketones (excluding diaryl/α,β-unsaturated/α-hetero) is 1. The zero-order valence-corrected chi connectivity index (χ0v) is 12.2. The smallest absolute Gasteiger partial charge is 0.135 e. The van der Waals surface area contributed by atoms with Gasteiger partial charge in [0.2, 0.25) is 0 Å². The summed E-state index contributed by atoms with van der Waals surface area (Å²) in [4.78, 5) is 17.1. The maximum atomic E-state index is 12.1. The van der Waals surface area contributed by atoms with E-state index in [1.54, 1.807) is 0 Å². The van der Waals surface area contributed by atoms with E-state index in [4.69, 9.17) is 0 Å². The summed E-state index contributed by atoms with van der Waals surface area (Å²) in [5.74, 6) is 1.20. The van der Waals surface area contributed by atoms with Crippen LogP contribution in [-0.2, 0) is 4.79 Å². The summed E-state index contributed by atoms with van der Waals surface area (Å²) in [6.45, 7) is 2.29. The zero-order chi connectivity index (χ0) is 12.3. The van der Waals surface area contributed by atoms with Crippen molar-refractivity contribution in [2.45, 2.75) is 50.1 Å². The third-order valence-electron chi connectivity index (χ3n) is 5.56. The van der Waals surface area contributed by atoms with Gasteiger partial charge in [-0.2, -0.15) is 0 Å². The van der Waals surface area contributed by atoms with Gasteiger partial charge in [0, 0.05) is 32.1 Å². The second-order valence-corrected chi connectivity index (χ2v) is 7.04. The summed E-state index contributed by atoms with van der Waals surface area (Å²) in [7, 11) is 0. The van der Waals surface area contributed by atoms with Gasteiger partial charge in [0.25, 0.3) is 0 Å². The highest BCUT2D eigenvalue weighted by atomic mass is 79.9. The van der Waals surface area contributed by atoms with Crippen molar-refractivity contribution >= 4 is 21.7 Å². The highest BCUT2D eigenvalue weighted by Gasteiger charge is 2.60. The largest absolute Gasteiger partial charge is 0.370 e. The van der Waals surface area contributed by atoms with Crippen LogP contribution in [0.2, 0.25) is 0 Å². The maximum Gasteiger partial charge on any atom is 0.135 e. The molecule has 0 aromatic rings. The molecule has 0 N–H and O–H groups in total. The number of hydrogen-bond acceptors (Lipinski definition) is 3. The second-order valence-electron chi connectivity index (χ2n) is 6.23. The maximum absolute atomic E-state index is 12.1. The molecule has 3 aliphatic heterocycles. The molecule has 4 aliphatic rings. The molecule has 3 heterocycles. The Balaban J connectivity index is 1.83. The number of halogens is 1. The molecule has 0 aromatic heterocycles. The van der Waals surface area contributed by atoms with E-state index in [9.17, 15) is 4.79 Å². The van der Waals surface area contributed by atoms with Gasteiger partial charge in [0.15, 0.2) is 0 Å². The SMILES string of the molecule is O=C1CCC2CCN3C(Br)=CN4CCCC4C23C1. The lowest BCUT2D eigenvalue weighted by Gasteiger charge is -2.54. The van der Waals surface area contributed by atoms with Crippen molar-refractivity contribution in [2.24, 2.45) is 5.92 Å². The summed E-state index contributed by atoms with van der Waals surface area (Å²) >= 11 is 3.74.